The normalized spacial score (nSPS) is 14.8. The summed E-state index contributed by atoms with van der Waals surface area (Å²) in [5, 5.41) is 9.15. The van der Waals surface area contributed by atoms with Gasteiger partial charge in [-0.05, 0) is 53.9 Å². The molecular formula is C25H28BrN7O2. The number of benzene rings is 1. The third-order valence-electron chi connectivity index (χ3n) is 6.51. The Hall–Kier alpha value is -3.08. The summed E-state index contributed by atoms with van der Waals surface area (Å²) < 4.78 is 7.35. The van der Waals surface area contributed by atoms with Crippen molar-refractivity contribution in [1.29, 1.82) is 0 Å². The van der Waals surface area contributed by atoms with Crippen LogP contribution in [-0.4, -0.2) is 63.2 Å². The van der Waals surface area contributed by atoms with Crippen LogP contribution in [0.3, 0.4) is 0 Å². The van der Waals surface area contributed by atoms with Gasteiger partial charge in [0.15, 0.2) is 5.65 Å². The molecule has 0 aliphatic carbocycles. The quantitative estimate of drug-likeness (QED) is 0.388. The number of nitrogens with zero attached hydrogens (tertiary/aromatic N) is 5. The van der Waals surface area contributed by atoms with Gasteiger partial charge in [-0.2, -0.15) is 9.61 Å². The standard InChI is InChI=1S/C25H28BrN7O2/c1-15-3-4-20-16(9-15)10-17(11-29-20)19-12-30-33-24(27)23(26)21(31-25(19)33)13-28-18-5-7-32(8-6-18)22(34)14-35-2/h3-4,9-12,18,28H,5-8,13-14,27H2,1-2H3. The second-order valence-electron chi connectivity index (χ2n) is 8.94. The predicted molar refractivity (Wildman–Crippen MR) is 139 cm³/mol. The number of amides is 1. The SMILES string of the molecule is COCC(=O)N1CCC(NCc2nc3c(-c4cnc5ccc(C)cc5c4)cnn3c(N)c2Br)CC1. The van der Waals surface area contributed by atoms with E-state index in [2.05, 4.69) is 56.5 Å². The van der Waals surface area contributed by atoms with Gasteiger partial charge in [0.05, 0.1) is 21.9 Å². The number of fused-ring (bicyclic) bond motifs is 2. The highest BCUT2D eigenvalue weighted by Crippen LogP contribution is 2.31. The molecule has 10 heteroatoms. The van der Waals surface area contributed by atoms with Crippen molar-refractivity contribution in [2.75, 3.05) is 32.5 Å². The maximum absolute atomic E-state index is 12.0. The first-order chi connectivity index (χ1) is 16.9. The number of hydrogen-bond donors (Lipinski definition) is 2. The number of nitrogen functional groups attached to an aromatic ring is 1. The Morgan fingerprint density at radius 3 is 2.83 bits per heavy atom. The Labute approximate surface area is 211 Å². The average molecular weight is 538 g/mol. The smallest absolute Gasteiger partial charge is 0.248 e. The van der Waals surface area contributed by atoms with Crippen molar-refractivity contribution < 1.29 is 9.53 Å². The fraction of sp³-hybridized carbons (Fsp3) is 0.360. The van der Waals surface area contributed by atoms with E-state index in [0.29, 0.717) is 24.1 Å². The molecular weight excluding hydrogens is 510 g/mol. The zero-order valence-corrected chi connectivity index (χ0v) is 21.4. The first-order valence-electron chi connectivity index (χ1n) is 11.6. The Bertz CT molecular complexity index is 1400. The monoisotopic (exact) mass is 537 g/mol. The fourth-order valence-corrected chi connectivity index (χ4v) is 4.95. The summed E-state index contributed by atoms with van der Waals surface area (Å²) in [5.41, 5.74) is 11.9. The molecule has 182 valence electrons. The van der Waals surface area contributed by atoms with E-state index in [0.717, 1.165) is 58.1 Å². The average Bonchev–Trinajstić information content (AvgIpc) is 3.29. The second-order valence-corrected chi connectivity index (χ2v) is 9.73. The largest absolute Gasteiger partial charge is 0.383 e. The molecule has 1 fully saturated rings. The molecule has 0 atom stereocenters. The van der Waals surface area contributed by atoms with Crippen LogP contribution in [0.25, 0.3) is 27.7 Å². The van der Waals surface area contributed by atoms with E-state index in [-0.39, 0.29) is 12.5 Å². The Morgan fingerprint density at radius 2 is 2.06 bits per heavy atom. The second kappa shape index (κ2) is 9.88. The molecule has 1 amide bonds. The van der Waals surface area contributed by atoms with E-state index in [4.69, 9.17) is 15.5 Å². The molecule has 3 aromatic heterocycles. The lowest BCUT2D eigenvalue weighted by atomic mass is 10.0. The lowest BCUT2D eigenvalue weighted by Gasteiger charge is -2.32. The van der Waals surface area contributed by atoms with Gasteiger partial charge >= 0.3 is 0 Å². The van der Waals surface area contributed by atoms with E-state index in [9.17, 15) is 4.79 Å². The molecule has 0 spiro atoms. The highest BCUT2D eigenvalue weighted by atomic mass is 79.9. The summed E-state index contributed by atoms with van der Waals surface area (Å²) in [4.78, 5) is 23.4. The number of carbonyl (C=O) groups is 1. The summed E-state index contributed by atoms with van der Waals surface area (Å²) in [6.45, 7) is 4.20. The minimum atomic E-state index is 0.0418. The van der Waals surface area contributed by atoms with Crippen LogP contribution in [0.5, 0.6) is 0 Å². The van der Waals surface area contributed by atoms with Crippen LogP contribution in [-0.2, 0) is 16.1 Å². The molecule has 1 saturated heterocycles. The van der Waals surface area contributed by atoms with Crippen LogP contribution in [0, 0.1) is 6.92 Å². The number of ether oxygens (including phenoxy) is 1. The van der Waals surface area contributed by atoms with Crippen LogP contribution in [0.4, 0.5) is 5.82 Å². The third kappa shape index (κ3) is 4.73. The van der Waals surface area contributed by atoms with E-state index in [1.807, 2.05) is 17.2 Å². The highest BCUT2D eigenvalue weighted by Gasteiger charge is 2.23. The van der Waals surface area contributed by atoms with Crippen LogP contribution in [0.2, 0.25) is 0 Å². The first-order valence-corrected chi connectivity index (χ1v) is 12.4. The van der Waals surface area contributed by atoms with Crippen LogP contribution < -0.4 is 11.1 Å². The molecule has 35 heavy (non-hydrogen) atoms. The van der Waals surface area contributed by atoms with Gasteiger partial charge in [-0.1, -0.05) is 11.6 Å². The number of nitrogens with two attached hydrogens (primary N) is 1. The Kier molecular flexibility index (Phi) is 6.68. The van der Waals surface area contributed by atoms with Gasteiger partial charge in [0.25, 0.3) is 0 Å². The van der Waals surface area contributed by atoms with E-state index in [1.165, 1.54) is 5.56 Å². The molecule has 0 unspecified atom stereocenters. The number of anilines is 1. The van der Waals surface area contributed by atoms with Gasteiger partial charge in [0.1, 0.15) is 12.4 Å². The Morgan fingerprint density at radius 1 is 1.26 bits per heavy atom. The summed E-state index contributed by atoms with van der Waals surface area (Å²) in [7, 11) is 1.54. The zero-order chi connectivity index (χ0) is 24.5. The third-order valence-corrected chi connectivity index (χ3v) is 7.38. The number of aryl methyl sites for hydroxylation is 1. The van der Waals surface area contributed by atoms with Gasteiger partial charge in [0, 0.05) is 55.5 Å². The van der Waals surface area contributed by atoms with E-state index in [1.54, 1.807) is 17.8 Å². The first kappa shape index (κ1) is 23.7. The Balaban J connectivity index is 1.37. The van der Waals surface area contributed by atoms with Crippen molar-refractivity contribution in [3.8, 4) is 11.1 Å². The topological polar surface area (TPSA) is 111 Å². The number of piperidine rings is 1. The summed E-state index contributed by atoms with van der Waals surface area (Å²) in [6, 6.07) is 8.62. The lowest BCUT2D eigenvalue weighted by Crippen LogP contribution is -2.45. The fourth-order valence-electron chi connectivity index (χ4n) is 4.55. The summed E-state index contributed by atoms with van der Waals surface area (Å²) >= 11 is 3.61. The van der Waals surface area contributed by atoms with E-state index < -0.39 is 0 Å². The number of carbonyl (C=O) groups excluding carboxylic acids is 1. The molecule has 9 nitrogen and oxygen atoms in total. The highest BCUT2D eigenvalue weighted by molar-refractivity contribution is 9.10. The molecule has 1 aliphatic heterocycles. The summed E-state index contributed by atoms with van der Waals surface area (Å²) in [6.07, 6.45) is 5.40. The molecule has 0 saturated carbocycles. The van der Waals surface area contributed by atoms with Gasteiger partial charge in [-0.3, -0.25) is 9.78 Å². The van der Waals surface area contributed by atoms with Gasteiger partial charge < -0.3 is 20.7 Å². The van der Waals surface area contributed by atoms with E-state index >= 15 is 0 Å². The number of likely N-dealkylation sites (tertiary alicyclic amines) is 1. The molecule has 0 bridgehead atoms. The molecule has 5 rings (SSSR count). The lowest BCUT2D eigenvalue weighted by molar-refractivity contribution is -0.136. The maximum Gasteiger partial charge on any atom is 0.248 e. The molecule has 1 aliphatic rings. The maximum atomic E-state index is 12.0. The number of methoxy groups -OCH3 is 1. The number of hydrogen-bond acceptors (Lipinski definition) is 7. The van der Waals surface area contributed by atoms with Crippen LogP contribution in [0.15, 0.2) is 41.1 Å². The van der Waals surface area contributed by atoms with Crippen molar-refractivity contribution in [3.05, 3.63) is 52.4 Å². The molecule has 0 radical (unpaired) electrons. The minimum absolute atomic E-state index is 0.0418. The minimum Gasteiger partial charge on any atom is -0.383 e. The van der Waals surface area contributed by atoms with Crippen molar-refractivity contribution in [2.45, 2.75) is 32.4 Å². The van der Waals surface area contributed by atoms with Gasteiger partial charge in [0.2, 0.25) is 5.91 Å². The van der Waals surface area contributed by atoms with Crippen LogP contribution >= 0.6 is 15.9 Å². The van der Waals surface area contributed by atoms with Crippen molar-refractivity contribution >= 4 is 44.2 Å². The van der Waals surface area contributed by atoms with Gasteiger partial charge in [-0.25, -0.2) is 4.98 Å². The predicted octanol–water partition coefficient (Wildman–Crippen LogP) is 3.32. The summed E-state index contributed by atoms with van der Waals surface area (Å²) in [5.74, 6) is 0.544. The number of pyridine rings is 1. The number of aromatic nitrogens is 4. The number of rotatable bonds is 6. The molecule has 1 aromatic carbocycles. The van der Waals surface area contributed by atoms with Crippen LogP contribution in [0.1, 0.15) is 24.1 Å². The number of nitrogens with one attached hydrogen (secondary N) is 1. The molecule has 4 aromatic rings. The number of halogens is 1. The molecule has 4 heterocycles. The van der Waals surface area contributed by atoms with Gasteiger partial charge in [-0.15, -0.1) is 0 Å². The van der Waals surface area contributed by atoms with Crippen molar-refractivity contribution in [2.24, 2.45) is 0 Å². The van der Waals surface area contributed by atoms with Crippen molar-refractivity contribution in [3.63, 3.8) is 0 Å². The molecule has 3 N–H and O–H groups in total. The van der Waals surface area contributed by atoms with Crippen molar-refractivity contribution in [1.82, 2.24) is 29.8 Å². The zero-order valence-electron chi connectivity index (χ0n) is 19.8.